The van der Waals surface area contributed by atoms with Gasteiger partial charge in [-0.15, -0.1) is 11.3 Å². The van der Waals surface area contributed by atoms with Gasteiger partial charge in [-0.1, -0.05) is 20.8 Å². The molecule has 4 heteroatoms. The Morgan fingerprint density at radius 2 is 1.95 bits per heavy atom. The minimum Gasteiger partial charge on any atom is -0.369 e. The van der Waals surface area contributed by atoms with Crippen LogP contribution in [0.25, 0.3) is 10.2 Å². The van der Waals surface area contributed by atoms with Gasteiger partial charge in [0.2, 0.25) is 0 Å². The standard InChI is InChI=1S/C16H25N3S/c1-6-9-17-15-14-11(4)12(5)20-16(14)19-13(18-15)8-7-10(2)3/h10H,6-9H2,1-5H3,(H,17,18,19). The highest BCUT2D eigenvalue weighted by Gasteiger charge is 2.14. The van der Waals surface area contributed by atoms with E-state index in [0.717, 1.165) is 42.3 Å². The monoisotopic (exact) mass is 291 g/mol. The Kier molecular flexibility index (Phi) is 4.97. The smallest absolute Gasteiger partial charge is 0.138 e. The van der Waals surface area contributed by atoms with Gasteiger partial charge in [-0.05, 0) is 38.2 Å². The van der Waals surface area contributed by atoms with Crippen molar-refractivity contribution in [3.63, 3.8) is 0 Å². The normalized spacial score (nSPS) is 11.5. The average molecular weight is 291 g/mol. The van der Waals surface area contributed by atoms with Gasteiger partial charge in [0, 0.05) is 17.8 Å². The number of nitrogens with zero attached hydrogens (tertiary/aromatic N) is 2. The molecule has 2 rings (SSSR count). The van der Waals surface area contributed by atoms with E-state index in [2.05, 4.69) is 39.9 Å². The fraction of sp³-hybridized carbons (Fsp3) is 0.625. The fourth-order valence-electron chi connectivity index (χ4n) is 2.19. The molecule has 2 heterocycles. The Labute approximate surface area is 125 Å². The van der Waals surface area contributed by atoms with Crippen molar-refractivity contribution in [2.45, 2.75) is 53.9 Å². The summed E-state index contributed by atoms with van der Waals surface area (Å²) in [6, 6.07) is 0. The van der Waals surface area contributed by atoms with Crippen molar-refractivity contribution in [3.05, 3.63) is 16.3 Å². The van der Waals surface area contributed by atoms with E-state index in [1.165, 1.54) is 15.8 Å². The molecule has 0 aliphatic carbocycles. The first-order valence-electron chi connectivity index (χ1n) is 7.53. The molecule has 3 nitrogen and oxygen atoms in total. The van der Waals surface area contributed by atoms with Crippen molar-refractivity contribution in [3.8, 4) is 0 Å². The van der Waals surface area contributed by atoms with Gasteiger partial charge in [0.25, 0.3) is 0 Å². The summed E-state index contributed by atoms with van der Waals surface area (Å²) in [5, 5.41) is 4.69. The van der Waals surface area contributed by atoms with E-state index in [1.807, 2.05) is 0 Å². The van der Waals surface area contributed by atoms with Gasteiger partial charge in [0.05, 0.1) is 5.39 Å². The summed E-state index contributed by atoms with van der Waals surface area (Å²) in [5.74, 6) is 2.69. The van der Waals surface area contributed by atoms with Gasteiger partial charge in [-0.25, -0.2) is 9.97 Å². The highest BCUT2D eigenvalue weighted by molar-refractivity contribution is 7.18. The summed E-state index contributed by atoms with van der Waals surface area (Å²) in [7, 11) is 0. The Hall–Kier alpha value is -1.16. The third-order valence-corrected chi connectivity index (χ3v) is 4.66. The van der Waals surface area contributed by atoms with Crippen LogP contribution in [0.4, 0.5) is 5.82 Å². The van der Waals surface area contributed by atoms with Crippen molar-refractivity contribution in [1.29, 1.82) is 0 Å². The number of hydrogen-bond donors (Lipinski definition) is 1. The first-order chi connectivity index (χ1) is 9.52. The maximum Gasteiger partial charge on any atom is 0.138 e. The lowest BCUT2D eigenvalue weighted by Crippen LogP contribution is -2.06. The van der Waals surface area contributed by atoms with E-state index >= 15 is 0 Å². The van der Waals surface area contributed by atoms with Gasteiger partial charge < -0.3 is 5.32 Å². The van der Waals surface area contributed by atoms with Crippen LogP contribution in [0, 0.1) is 19.8 Å². The molecule has 0 saturated heterocycles. The van der Waals surface area contributed by atoms with Crippen LogP contribution < -0.4 is 5.32 Å². The lowest BCUT2D eigenvalue weighted by Gasteiger charge is -2.09. The van der Waals surface area contributed by atoms with Crippen LogP contribution in [0.1, 0.15) is 49.9 Å². The number of thiophene rings is 1. The maximum absolute atomic E-state index is 4.77. The van der Waals surface area contributed by atoms with Crippen molar-refractivity contribution in [2.75, 3.05) is 11.9 Å². The van der Waals surface area contributed by atoms with E-state index < -0.39 is 0 Å². The zero-order chi connectivity index (χ0) is 14.7. The summed E-state index contributed by atoms with van der Waals surface area (Å²) in [6.07, 6.45) is 3.21. The first kappa shape index (κ1) is 15.2. The van der Waals surface area contributed by atoms with Crippen molar-refractivity contribution in [1.82, 2.24) is 9.97 Å². The van der Waals surface area contributed by atoms with Crippen molar-refractivity contribution in [2.24, 2.45) is 5.92 Å². The van der Waals surface area contributed by atoms with Gasteiger partial charge in [0.1, 0.15) is 16.5 Å². The zero-order valence-electron chi connectivity index (χ0n) is 13.2. The number of aryl methyl sites for hydroxylation is 3. The summed E-state index contributed by atoms with van der Waals surface area (Å²) >= 11 is 1.78. The van der Waals surface area contributed by atoms with Crippen LogP contribution >= 0.6 is 11.3 Å². The molecule has 0 spiro atoms. The number of anilines is 1. The minimum absolute atomic E-state index is 0.688. The largest absolute Gasteiger partial charge is 0.369 e. The molecule has 0 aliphatic heterocycles. The van der Waals surface area contributed by atoms with Crippen LogP contribution in [0.5, 0.6) is 0 Å². The fourth-order valence-corrected chi connectivity index (χ4v) is 3.24. The lowest BCUT2D eigenvalue weighted by molar-refractivity contribution is 0.576. The van der Waals surface area contributed by atoms with Crippen molar-refractivity contribution < 1.29 is 0 Å². The molecule has 0 unspecified atom stereocenters. The Bertz CT molecular complexity index is 587. The number of aromatic nitrogens is 2. The highest BCUT2D eigenvalue weighted by atomic mass is 32.1. The Balaban J connectivity index is 2.41. The molecule has 110 valence electrons. The number of nitrogens with one attached hydrogen (secondary N) is 1. The van der Waals surface area contributed by atoms with Crippen LogP contribution in [-0.4, -0.2) is 16.5 Å². The molecule has 0 fully saturated rings. The maximum atomic E-state index is 4.77. The van der Waals surface area contributed by atoms with Crippen LogP contribution in [0.2, 0.25) is 0 Å². The third-order valence-electron chi connectivity index (χ3n) is 3.56. The highest BCUT2D eigenvalue weighted by Crippen LogP contribution is 2.33. The second-order valence-corrected chi connectivity index (χ2v) is 7.01. The van der Waals surface area contributed by atoms with E-state index in [0.29, 0.717) is 5.92 Å². The van der Waals surface area contributed by atoms with E-state index in [-0.39, 0.29) is 0 Å². The molecular weight excluding hydrogens is 266 g/mol. The van der Waals surface area contributed by atoms with Gasteiger partial charge in [-0.3, -0.25) is 0 Å². The molecule has 0 aliphatic rings. The Morgan fingerprint density at radius 3 is 2.60 bits per heavy atom. The Morgan fingerprint density at radius 1 is 1.20 bits per heavy atom. The van der Waals surface area contributed by atoms with Gasteiger partial charge >= 0.3 is 0 Å². The number of hydrogen-bond acceptors (Lipinski definition) is 4. The van der Waals surface area contributed by atoms with Crippen LogP contribution in [0.15, 0.2) is 0 Å². The zero-order valence-corrected chi connectivity index (χ0v) is 14.0. The summed E-state index contributed by atoms with van der Waals surface area (Å²) in [5.41, 5.74) is 1.32. The molecule has 0 bridgehead atoms. The molecule has 2 aromatic heterocycles. The van der Waals surface area contributed by atoms with Crippen molar-refractivity contribution >= 4 is 27.4 Å². The van der Waals surface area contributed by atoms with Crippen LogP contribution in [-0.2, 0) is 6.42 Å². The lowest BCUT2D eigenvalue weighted by atomic mass is 10.1. The first-order valence-corrected chi connectivity index (χ1v) is 8.35. The second-order valence-electron chi connectivity index (χ2n) is 5.81. The summed E-state index contributed by atoms with van der Waals surface area (Å²) in [6.45, 7) is 12.0. The quantitative estimate of drug-likeness (QED) is 0.837. The predicted octanol–water partition coefficient (Wildman–Crippen LogP) is 4.72. The van der Waals surface area contributed by atoms with E-state index in [1.54, 1.807) is 11.3 Å². The minimum atomic E-state index is 0.688. The molecule has 0 aromatic carbocycles. The topological polar surface area (TPSA) is 37.8 Å². The molecule has 0 saturated carbocycles. The number of rotatable bonds is 6. The predicted molar refractivity (Wildman–Crippen MR) is 88.8 cm³/mol. The summed E-state index contributed by atoms with van der Waals surface area (Å²) < 4.78 is 0. The molecule has 20 heavy (non-hydrogen) atoms. The molecule has 2 aromatic rings. The molecule has 0 radical (unpaired) electrons. The molecule has 1 N–H and O–H groups in total. The molecular formula is C16H25N3S. The summed E-state index contributed by atoms with van der Waals surface area (Å²) in [4.78, 5) is 12.0. The molecule has 0 amide bonds. The molecule has 0 atom stereocenters. The second kappa shape index (κ2) is 6.53. The van der Waals surface area contributed by atoms with E-state index in [4.69, 9.17) is 9.97 Å². The van der Waals surface area contributed by atoms with Gasteiger partial charge in [0.15, 0.2) is 0 Å². The third kappa shape index (κ3) is 3.29. The number of fused-ring (bicyclic) bond motifs is 1. The SMILES string of the molecule is CCCNc1nc(CCC(C)C)nc2sc(C)c(C)c12. The van der Waals surface area contributed by atoms with Crippen LogP contribution in [0.3, 0.4) is 0 Å². The van der Waals surface area contributed by atoms with Gasteiger partial charge in [-0.2, -0.15) is 0 Å². The average Bonchev–Trinajstić information content (AvgIpc) is 2.69. The van der Waals surface area contributed by atoms with E-state index in [9.17, 15) is 0 Å².